The van der Waals surface area contributed by atoms with E-state index in [4.69, 9.17) is 17.2 Å². The minimum atomic E-state index is -0.130. The number of anilines is 4. The molecule has 0 saturated carbocycles. The van der Waals surface area contributed by atoms with E-state index in [2.05, 4.69) is 46.5 Å². The molecule has 12 nitrogen and oxygen atoms in total. The van der Waals surface area contributed by atoms with Crippen molar-refractivity contribution in [2.75, 3.05) is 22.5 Å². The van der Waals surface area contributed by atoms with Gasteiger partial charge in [-0.05, 0) is 86.1 Å². The predicted octanol–water partition coefficient (Wildman–Crippen LogP) is 3.70. The van der Waals surface area contributed by atoms with Crippen molar-refractivity contribution in [3.05, 3.63) is 108 Å². The number of nitrogen functional groups attached to an aromatic ring is 3. The summed E-state index contributed by atoms with van der Waals surface area (Å²) in [5.74, 6) is 0.902. The van der Waals surface area contributed by atoms with E-state index >= 15 is 0 Å². The fraction of sp³-hybridized carbons (Fsp3) is 0.205. The summed E-state index contributed by atoms with van der Waals surface area (Å²) in [6.45, 7) is 1.93. The maximum atomic E-state index is 12.6. The van der Waals surface area contributed by atoms with E-state index in [-0.39, 0.29) is 40.9 Å². The van der Waals surface area contributed by atoms with Crippen molar-refractivity contribution in [2.45, 2.75) is 51.6 Å². The average molecular weight is 703 g/mol. The van der Waals surface area contributed by atoms with Gasteiger partial charge < -0.3 is 37.1 Å². The molecule has 9 rings (SSSR count). The second kappa shape index (κ2) is 15.5. The van der Waals surface area contributed by atoms with Crippen molar-refractivity contribution < 1.29 is 39.8 Å². The number of carbonyl (C=O) groups is 1. The topological polar surface area (TPSA) is 199 Å². The molecule has 0 atom stereocenters. The van der Waals surface area contributed by atoms with E-state index in [0.29, 0.717) is 17.2 Å². The van der Waals surface area contributed by atoms with Crippen LogP contribution in [-0.4, -0.2) is 40.5 Å². The molecule has 0 saturated heterocycles. The molecule has 0 unspecified atom stereocenters. The third-order valence-electron chi connectivity index (χ3n) is 9.66. The summed E-state index contributed by atoms with van der Waals surface area (Å²) in [4.78, 5) is 29.9. The van der Waals surface area contributed by atoms with Crippen LogP contribution in [0.2, 0.25) is 0 Å². The van der Waals surface area contributed by atoms with Crippen molar-refractivity contribution in [3.63, 3.8) is 0 Å². The quantitative estimate of drug-likeness (QED) is 0.156. The van der Waals surface area contributed by atoms with Crippen LogP contribution in [0.3, 0.4) is 0 Å². The van der Waals surface area contributed by atoms with Gasteiger partial charge >= 0.3 is 29.6 Å². The zero-order valence-electron chi connectivity index (χ0n) is 29.1. The summed E-state index contributed by atoms with van der Waals surface area (Å²) in [5.41, 5.74) is 29.2. The minimum Gasteiger partial charge on any atom is -0.870 e. The molecule has 7 aromatic rings. The molecule has 52 heavy (non-hydrogen) atoms. The van der Waals surface area contributed by atoms with E-state index in [1.807, 2.05) is 54.6 Å². The molecule has 0 fully saturated rings. The third kappa shape index (κ3) is 6.73. The Morgan fingerprint density at radius 3 is 1.73 bits per heavy atom. The Morgan fingerprint density at radius 1 is 0.635 bits per heavy atom. The SMILES string of the molecule is Nc1cccc(-c2c3n(c4ncnc(N)c24)CCCC3)c1.Nc1ncnc2c1c(-c1cccc(NC(=O)c3ccccc3)c1)c1n2CCCC1.[Na+].[OH-]. The standard InChI is InChI=1S/C23H21N5O.C16H17N5.Na.H2O/c24-21-20-19(18-11-4-5-12-28(18)22(20)26-14-25-21)16-9-6-10-17(13-16)27-23(29)15-7-2-1-3-8-15;17-11-5-3-4-10(8-11)13-12-6-1-2-7-21(12)16-14(13)15(18)19-9-20-16;;/h1-3,6-10,13-14H,4-5,11-12H2,(H,27,29)(H2,24,25,26);3-5,8-9H,1-2,6-7,17H2,(H2,18,19,20);;1H2/q;;+1;/p-1. The number of nitrogens with zero attached hydrogens (tertiary/aromatic N) is 6. The second-order valence-electron chi connectivity index (χ2n) is 12.8. The molecule has 0 spiro atoms. The molecular weight excluding hydrogens is 663 g/mol. The third-order valence-corrected chi connectivity index (χ3v) is 9.66. The molecule has 8 N–H and O–H groups in total. The normalized spacial score (nSPS) is 13.2. The maximum Gasteiger partial charge on any atom is 1.00 e. The second-order valence-corrected chi connectivity index (χ2v) is 12.8. The van der Waals surface area contributed by atoms with E-state index in [9.17, 15) is 4.79 Å². The Bertz CT molecular complexity index is 2390. The first-order chi connectivity index (χ1) is 24.5. The van der Waals surface area contributed by atoms with Crippen molar-refractivity contribution in [1.82, 2.24) is 29.1 Å². The molecule has 4 aromatic heterocycles. The smallest absolute Gasteiger partial charge is 0.870 e. The number of fused-ring (bicyclic) bond motifs is 6. The number of nitrogens with two attached hydrogens (primary N) is 3. The molecule has 0 aliphatic carbocycles. The van der Waals surface area contributed by atoms with Crippen molar-refractivity contribution >= 4 is 51.0 Å². The van der Waals surface area contributed by atoms with E-state index in [0.717, 1.165) is 94.5 Å². The summed E-state index contributed by atoms with van der Waals surface area (Å²) in [5, 5.41) is 4.85. The van der Waals surface area contributed by atoms with Gasteiger partial charge in [-0.15, -0.1) is 0 Å². The van der Waals surface area contributed by atoms with Gasteiger partial charge in [0, 0.05) is 52.5 Å². The first kappa shape index (κ1) is 36.5. The van der Waals surface area contributed by atoms with Crippen LogP contribution in [-0.2, 0) is 25.9 Å². The van der Waals surface area contributed by atoms with Crippen molar-refractivity contribution in [2.24, 2.45) is 0 Å². The summed E-state index contributed by atoms with van der Waals surface area (Å²) in [6.07, 6.45) is 9.73. The summed E-state index contributed by atoms with van der Waals surface area (Å²) >= 11 is 0. The Morgan fingerprint density at radius 2 is 1.17 bits per heavy atom. The molecule has 6 heterocycles. The van der Waals surface area contributed by atoms with Gasteiger partial charge in [0.15, 0.2) is 0 Å². The summed E-state index contributed by atoms with van der Waals surface area (Å²) in [7, 11) is 0. The van der Waals surface area contributed by atoms with Gasteiger partial charge in [-0.25, -0.2) is 19.9 Å². The van der Waals surface area contributed by atoms with Gasteiger partial charge in [-0.1, -0.05) is 42.5 Å². The van der Waals surface area contributed by atoms with Gasteiger partial charge in [0.1, 0.15) is 35.6 Å². The van der Waals surface area contributed by atoms with Crippen LogP contribution in [0.4, 0.5) is 23.0 Å². The number of nitrogens with one attached hydrogen (secondary N) is 1. The molecule has 2 aliphatic rings. The zero-order valence-corrected chi connectivity index (χ0v) is 31.1. The van der Waals surface area contributed by atoms with Crippen molar-refractivity contribution in [1.29, 1.82) is 0 Å². The van der Waals surface area contributed by atoms with Gasteiger partial charge in [0.25, 0.3) is 5.91 Å². The fourth-order valence-electron chi connectivity index (χ4n) is 7.47. The predicted molar refractivity (Wildman–Crippen MR) is 201 cm³/mol. The number of rotatable bonds is 4. The Kier molecular flexibility index (Phi) is 10.9. The number of hydrogen-bond acceptors (Lipinski definition) is 9. The summed E-state index contributed by atoms with van der Waals surface area (Å²) in [6, 6.07) is 25.0. The number of hydrogen-bond donors (Lipinski definition) is 4. The van der Waals surface area contributed by atoms with Crippen LogP contribution in [0.1, 0.15) is 47.4 Å². The molecule has 2 aliphatic heterocycles. The minimum absolute atomic E-state index is 0. The Hall–Kier alpha value is -5.27. The first-order valence-corrected chi connectivity index (χ1v) is 17.0. The van der Waals surface area contributed by atoms with Crippen LogP contribution in [0.5, 0.6) is 0 Å². The number of amides is 1. The largest absolute Gasteiger partial charge is 1.00 e. The monoisotopic (exact) mass is 702 g/mol. The molecule has 258 valence electrons. The maximum absolute atomic E-state index is 12.6. The van der Waals surface area contributed by atoms with E-state index < -0.39 is 0 Å². The van der Waals surface area contributed by atoms with Gasteiger partial charge in [0.05, 0.1) is 10.8 Å². The van der Waals surface area contributed by atoms with Gasteiger partial charge in [0.2, 0.25) is 0 Å². The zero-order chi connectivity index (χ0) is 34.2. The van der Waals surface area contributed by atoms with Crippen LogP contribution in [0.15, 0.2) is 91.5 Å². The van der Waals surface area contributed by atoms with Crippen LogP contribution in [0.25, 0.3) is 44.3 Å². The van der Waals surface area contributed by atoms with Crippen LogP contribution < -0.4 is 52.1 Å². The fourth-order valence-corrected chi connectivity index (χ4v) is 7.47. The van der Waals surface area contributed by atoms with E-state index in [1.165, 1.54) is 30.6 Å². The molecule has 0 radical (unpaired) electrons. The number of carbonyl (C=O) groups excluding carboxylic acids is 1. The van der Waals surface area contributed by atoms with Gasteiger partial charge in [-0.2, -0.15) is 0 Å². The number of benzene rings is 3. The summed E-state index contributed by atoms with van der Waals surface area (Å²) < 4.78 is 4.55. The van der Waals surface area contributed by atoms with Gasteiger partial charge in [-0.3, -0.25) is 4.79 Å². The van der Waals surface area contributed by atoms with Crippen LogP contribution in [0, 0.1) is 0 Å². The van der Waals surface area contributed by atoms with Crippen LogP contribution >= 0.6 is 0 Å². The average Bonchev–Trinajstić information content (AvgIpc) is 3.67. The molecule has 1 amide bonds. The Labute approximate surface area is 323 Å². The first-order valence-electron chi connectivity index (χ1n) is 17.0. The number of aryl methyl sites for hydroxylation is 2. The molecule has 0 bridgehead atoms. The molecule has 13 heteroatoms. The number of aromatic nitrogens is 6. The van der Waals surface area contributed by atoms with Crippen molar-refractivity contribution in [3.8, 4) is 22.3 Å². The molecule has 3 aromatic carbocycles. The van der Waals surface area contributed by atoms with E-state index in [1.54, 1.807) is 18.5 Å². The Balaban J connectivity index is 0.000000180. The molecular formula is C39H39N10NaO2.